The summed E-state index contributed by atoms with van der Waals surface area (Å²) in [6.45, 7) is 0.693. The molecular weight excluding hydrogens is 246 g/mol. The summed E-state index contributed by atoms with van der Waals surface area (Å²) in [7, 11) is 0. The van der Waals surface area contributed by atoms with E-state index in [0.717, 1.165) is 12.8 Å². The Kier molecular flexibility index (Phi) is 1.90. The van der Waals surface area contributed by atoms with E-state index in [9.17, 15) is 14.7 Å². The lowest BCUT2D eigenvalue weighted by molar-refractivity contribution is 0.0482. The number of fused-ring (bicyclic) bond motifs is 2. The van der Waals surface area contributed by atoms with Crippen molar-refractivity contribution in [3.8, 4) is 5.75 Å². The number of amides is 1. The molecule has 0 unspecified atom stereocenters. The van der Waals surface area contributed by atoms with Crippen molar-refractivity contribution in [2.24, 2.45) is 5.41 Å². The lowest BCUT2D eigenvalue weighted by atomic mass is 9.90. The fraction of sp³-hybridized carbons (Fsp3) is 0.538. The molecule has 6 nitrogen and oxygen atoms in total. The summed E-state index contributed by atoms with van der Waals surface area (Å²) in [5, 5.41) is 9.80. The fourth-order valence-electron chi connectivity index (χ4n) is 3.26. The largest absolute Gasteiger partial charge is 0.502 e. The summed E-state index contributed by atoms with van der Waals surface area (Å²) in [5.74, 6) is -0.723. The fourth-order valence-corrected chi connectivity index (χ4v) is 3.26. The highest BCUT2D eigenvalue weighted by atomic mass is 16.3. The van der Waals surface area contributed by atoms with Crippen molar-refractivity contribution in [3.05, 3.63) is 28.2 Å². The summed E-state index contributed by atoms with van der Waals surface area (Å²) < 4.78 is 1.49. The van der Waals surface area contributed by atoms with Gasteiger partial charge in [-0.3, -0.25) is 14.3 Å². The van der Waals surface area contributed by atoms with Crippen LogP contribution in [-0.2, 0) is 0 Å². The normalized spacial score (nSPS) is 26.6. The Morgan fingerprint density at radius 1 is 1.32 bits per heavy atom. The van der Waals surface area contributed by atoms with E-state index in [0.29, 0.717) is 12.0 Å². The van der Waals surface area contributed by atoms with Gasteiger partial charge in [0.05, 0.1) is 0 Å². The van der Waals surface area contributed by atoms with Gasteiger partial charge in [-0.15, -0.1) is 0 Å². The Hall–Kier alpha value is -1.98. The van der Waals surface area contributed by atoms with E-state index in [1.807, 2.05) is 0 Å². The van der Waals surface area contributed by atoms with Gasteiger partial charge in [0, 0.05) is 18.8 Å². The van der Waals surface area contributed by atoms with Crippen LogP contribution in [0, 0.1) is 5.41 Å². The van der Waals surface area contributed by atoms with Crippen LogP contribution in [0.3, 0.4) is 0 Å². The summed E-state index contributed by atoms with van der Waals surface area (Å²) >= 11 is 0. The molecule has 0 radical (unpaired) electrons. The molecule has 6 heteroatoms. The van der Waals surface area contributed by atoms with Crippen LogP contribution in [0.1, 0.15) is 36.2 Å². The monoisotopic (exact) mass is 261 g/mol. The van der Waals surface area contributed by atoms with Gasteiger partial charge in [0.25, 0.3) is 5.91 Å². The first kappa shape index (κ1) is 10.9. The molecule has 3 heterocycles. The zero-order valence-corrected chi connectivity index (χ0v) is 10.4. The number of hydrogen-bond acceptors (Lipinski definition) is 4. The molecule has 0 aromatic carbocycles. The molecule has 2 aliphatic heterocycles. The molecule has 0 bridgehead atoms. The average Bonchev–Trinajstić information content (AvgIpc) is 3.13. The minimum atomic E-state index is -0.518. The molecule has 2 fully saturated rings. The van der Waals surface area contributed by atoms with Crippen molar-refractivity contribution in [1.82, 2.24) is 9.58 Å². The second-order valence-corrected chi connectivity index (χ2v) is 5.84. The van der Waals surface area contributed by atoms with Gasteiger partial charge in [-0.1, -0.05) is 0 Å². The molecule has 1 atom stereocenters. The predicted molar refractivity (Wildman–Crippen MR) is 67.5 cm³/mol. The molecule has 2 N–H and O–H groups in total. The van der Waals surface area contributed by atoms with Crippen LogP contribution in [-0.4, -0.2) is 33.3 Å². The lowest BCUT2D eigenvalue weighted by Crippen LogP contribution is -2.57. The highest BCUT2D eigenvalue weighted by Gasteiger charge is 2.50. The summed E-state index contributed by atoms with van der Waals surface area (Å²) in [5.41, 5.74) is 3.17. The smallest absolute Gasteiger partial charge is 0.278 e. The minimum Gasteiger partial charge on any atom is -0.502 e. The van der Waals surface area contributed by atoms with Crippen LogP contribution in [0.5, 0.6) is 5.75 Å². The molecule has 19 heavy (non-hydrogen) atoms. The van der Waals surface area contributed by atoms with Crippen LogP contribution in [0.15, 0.2) is 17.1 Å². The number of piperidine rings is 1. The van der Waals surface area contributed by atoms with E-state index in [1.165, 1.54) is 29.8 Å². The van der Waals surface area contributed by atoms with Crippen LogP contribution in [0.4, 0.5) is 0 Å². The van der Waals surface area contributed by atoms with Gasteiger partial charge in [0.15, 0.2) is 11.4 Å². The molecule has 1 amide bonds. The molecule has 1 spiro atoms. The molecule has 100 valence electrons. The first-order valence-corrected chi connectivity index (χ1v) is 6.62. The van der Waals surface area contributed by atoms with Gasteiger partial charge < -0.3 is 15.4 Å². The van der Waals surface area contributed by atoms with Gasteiger partial charge in [-0.2, -0.15) is 0 Å². The number of rotatable bonds is 0. The Labute approximate surface area is 109 Å². The van der Waals surface area contributed by atoms with E-state index in [2.05, 4.69) is 5.43 Å². The van der Waals surface area contributed by atoms with Gasteiger partial charge in [-0.25, -0.2) is 0 Å². The summed E-state index contributed by atoms with van der Waals surface area (Å²) in [6, 6.07) is 1.27. The number of nitrogens with zero attached hydrogens (tertiary/aromatic N) is 2. The SMILES string of the molecule is O=C1c2c(O)c(=O)ccn2N[C@@H]2CC3(CCN12)CC3. The number of carbonyl (C=O) groups excluding carboxylic acids is 1. The van der Waals surface area contributed by atoms with E-state index in [1.54, 1.807) is 4.90 Å². The molecule has 1 aromatic heterocycles. The van der Waals surface area contributed by atoms with Gasteiger partial charge in [0.1, 0.15) is 6.17 Å². The highest BCUT2D eigenvalue weighted by molar-refractivity contribution is 5.96. The molecule has 1 aliphatic carbocycles. The Morgan fingerprint density at radius 3 is 2.84 bits per heavy atom. The van der Waals surface area contributed by atoms with Crippen molar-refractivity contribution in [1.29, 1.82) is 0 Å². The van der Waals surface area contributed by atoms with E-state index in [-0.39, 0.29) is 17.8 Å². The number of hydrogen-bond donors (Lipinski definition) is 2. The van der Waals surface area contributed by atoms with Crippen molar-refractivity contribution in [2.45, 2.75) is 31.8 Å². The molecule has 3 aliphatic rings. The minimum absolute atomic E-state index is 0.0295. The Morgan fingerprint density at radius 2 is 2.11 bits per heavy atom. The number of nitrogens with one attached hydrogen (secondary N) is 1. The Bertz CT molecular complexity index is 633. The summed E-state index contributed by atoms with van der Waals surface area (Å²) in [6.07, 6.45) is 5.95. The van der Waals surface area contributed by atoms with Crippen molar-refractivity contribution in [2.75, 3.05) is 12.0 Å². The van der Waals surface area contributed by atoms with E-state index in [4.69, 9.17) is 0 Å². The first-order chi connectivity index (χ1) is 9.10. The van der Waals surface area contributed by atoms with Gasteiger partial charge in [-0.05, 0) is 31.1 Å². The molecule has 4 rings (SSSR count). The number of aromatic nitrogens is 1. The quantitative estimate of drug-likeness (QED) is 0.711. The molecule has 1 saturated carbocycles. The average molecular weight is 261 g/mol. The molecule has 1 saturated heterocycles. The number of pyridine rings is 1. The van der Waals surface area contributed by atoms with Crippen LogP contribution in [0.2, 0.25) is 0 Å². The maximum atomic E-state index is 12.4. The maximum absolute atomic E-state index is 12.4. The third-order valence-electron chi connectivity index (χ3n) is 4.67. The standard InChI is InChI=1S/C13H15N3O3/c17-8-1-5-16-10(11(8)18)12(19)15-6-4-13(2-3-13)7-9(15)14-16/h1,5,9,14,18H,2-4,6-7H2/t9-/m0/s1. The second-order valence-electron chi connectivity index (χ2n) is 5.84. The lowest BCUT2D eigenvalue weighted by Gasteiger charge is -2.44. The number of aromatic hydroxyl groups is 1. The van der Waals surface area contributed by atoms with Crippen LogP contribution < -0.4 is 10.9 Å². The maximum Gasteiger partial charge on any atom is 0.278 e. The van der Waals surface area contributed by atoms with Crippen molar-refractivity contribution < 1.29 is 9.90 Å². The molecular formula is C13H15N3O3. The van der Waals surface area contributed by atoms with Gasteiger partial charge >= 0.3 is 0 Å². The predicted octanol–water partition coefficient (Wildman–Crippen LogP) is 0.453. The zero-order chi connectivity index (χ0) is 13.2. The Balaban J connectivity index is 1.78. The summed E-state index contributed by atoms with van der Waals surface area (Å²) in [4.78, 5) is 25.6. The van der Waals surface area contributed by atoms with E-state index < -0.39 is 11.2 Å². The topological polar surface area (TPSA) is 74.6 Å². The highest BCUT2D eigenvalue weighted by Crippen LogP contribution is 2.55. The van der Waals surface area contributed by atoms with E-state index >= 15 is 0 Å². The number of carbonyl (C=O) groups is 1. The van der Waals surface area contributed by atoms with Crippen LogP contribution >= 0.6 is 0 Å². The van der Waals surface area contributed by atoms with Crippen molar-refractivity contribution >= 4 is 5.91 Å². The third kappa shape index (κ3) is 1.42. The van der Waals surface area contributed by atoms with Gasteiger partial charge in [0.2, 0.25) is 5.43 Å². The second kappa shape index (κ2) is 3.31. The van der Waals surface area contributed by atoms with Crippen molar-refractivity contribution in [3.63, 3.8) is 0 Å². The zero-order valence-electron chi connectivity index (χ0n) is 10.4. The third-order valence-corrected chi connectivity index (χ3v) is 4.67. The molecule has 1 aromatic rings. The first-order valence-electron chi connectivity index (χ1n) is 6.62. The van der Waals surface area contributed by atoms with Crippen LogP contribution in [0.25, 0.3) is 0 Å².